The van der Waals surface area contributed by atoms with E-state index in [4.69, 9.17) is 10.5 Å². The second-order valence-corrected chi connectivity index (χ2v) is 4.04. The van der Waals surface area contributed by atoms with Gasteiger partial charge in [-0.05, 0) is 37.1 Å². The number of nitrogens with zero attached hydrogens (tertiary/aromatic N) is 1. The average molecular weight is 228 g/mol. The van der Waals surface area contributed by atoms with Crippen LogP contribution in [-0.2, 0) is 6.54 Å². The van der Waals surface area contributed by atoms with Crippen molar-refractivity contribution in [3.05, 3.63) is 53.2 Å². The van der Waals surface area contributed by atoms with Crippen LogP contribution >= 0.6 is 0 Å². The number of hydrogen-bond donors (Lipinski definition) is 1. The molecular weight excluding hydrogens is 212 g/mol. The van der Waals surface area contributed by atoms with Crippen LogP contribution in [-0.4, -0.2) is 4.98 Å². The summed E-state index contributed by atoms with van der Waals surface area (Å²) in [7, 11) is 0. The summed E-state index contributed by atoms with van der Waals surface area (Å²) in [6, 6.07) is 9.89. The number of nitrogens with two attached hydrogens (primary N) is 1. The minimum atomic E-state index is 0.498. The maximum atomic E-state index is 5.79. The normalized spacial score (nSPS) is 10.3. The number of para-hydroxylation sites is 1. The Kier molecular flexibility index (Phi) is 3.40. The van der Waals surface area contributed by atoms with E-state index in [0.717, 1.165) is 22.4 Å². The number of benzene rings is 1. The van der Waals surface area contributed by atoms with Crippen molar-refractivity contribution in [2.45, 2.75) is 20.4 Å². The van der Waals surface area contributed by atoms with Crippen molar-refractivity contribution in [1.29, 1.82) is 0 Å². The fraction of sp³-hybridized carbons (Fsp3) is 0.214. The highest BCUT2D eigenvalue weighted by atomic mass is 16.5. The van der Waals surface area contributed by atoms with E-state index in [2.05, 4.69) is 4.98 Å². The van der Waals surface area contributed by atoms with Gasteiger partial charge in [0.25, 0.3) is 0 Å². The van der Waals surface area contributed by atoms with Gasteiger partial charge in [0, 0.05) is 18.3 Å². The van der Waals surface area contributed by atoms with Gasteiger partial charge < -0.3 is 10.5 Å². The molecule has 0 bridgehead atoms. The predicted octanol–water partition coefficient (Wildman–Crippen LogP) is 2.95. The van der Waals surface area contributed by atoms with Gasteiger partial charge in [-0.1, -0.05) is 18.2 Å². The summed E-state index contributed by atoms with van der Waals surface area (Å²) >= 11 is 0. The van der Waals surface area contributed by atoms with Crippen LogP contribution in [0.1, 0.15) is 16.7 Å². The zero-order valence-corrected chi connectivity index (χ0v) is 10.1. The predicted molar refractivity (Wildman–Crippen MR) is 68.1 cm³/mol. The molecule has 1 heterocycles. The highest BCUT2D eigenvalue weighted by Gasteiger charge is 2.05. The molecule has 0 atom stereocenters. The first-order valence-electron chi connectivity index (χ1n) is 5.60. The third-order valence-electron chi connectivity index (χ3n) is 2.62. The summed E-state index contributed by atoms with van der Waals surface area (Å²) in [6.07, 6.45) is 1.75. The van der Waals surface area contributed by atoms with Gasteiger partial charge >= 0.3 is 0 Å². The maximum absolute atomic E-state index is 5.79. The number of aryl methyl sites for hydroxylation is 2. The molecule has 0 aliphatic carbocycles. The zero-order valence-electron chi connectivity index (χ0n) is 10.1. The van der Waals surface area contributed by atoms with Crippen molar-refractivity contribution < 1.29 is 4.74 Å². The van der Waals surface area contributed by atoms with Crippen LogP contribution < -0.4 is 10.5 Å². The van der Waals surface area contributed by atoms with Crippen LogP contribution in [0.15, 0.2) is 36.5 Å². The third kappa shape index (κ3) is 2.63. The molecule has 0 saturated carbocycles. The first-order valence-corrected chi connectivity index (χ1v) is 5.60. The van der Waals surface area contributed by atoms with E-state index in [-0.39, 0.29) is 0 Å². The molecule has 0 fully saturated rings. The molecule has 88 valence electrons. The van der Waals surface area contributed by atoms with Crippen LogP contribution in [0.25, 0.3) is 0 Å². The Morgan fingerprint density at radius 3 is 2.59 bits per heavy atom. The molecule has 2 aromatic rings. The van der Waals surface area contributed by atoms with Gasteiger partial charge in [0.05, 0.1) is 0 Å². The summed E-state index contributed by atoms with van der Waals surface area (Å²) in [5.41, 5.74) is 8.67. The van der Waals surface area contributed by atoms with E-state index >= 15 is 0 Å². The molecule has 1 aromatic carbocycles. The first kappa shape index (κ1) is 11.6. The standard InChI is InChI=1S/C14H16N2O/c1-10-5-3-4-6-13(10)17-14-11(2)7-12(8-15)9-16-14/h3-7,9H,8,15H2,1-2H3. The molecule has 0 saturated heterocycles. The highest BCUT2D eigenvalue weighted by Crippen LogP contribution is 2.25. The molecule has 3 heteroatoms. The van der Waals surface area contributed by atoms with E-state index in [1.54, 1.807) is 6.20 Å². The lowest BCUT2D eigenvalue weighted by Gasteiger charge is -2.10. The number of pyridine rings is 1. The second kappa shape index (κ2) is 4.97. The van der Waals surface area contributed by atoms with Crippen LogP contribution in [0.4, 0.5) is 0 Å². The Labute approximate surface area is 101 Å². The molecule has 0 amide bonds. The van der Waals surface area contributed by atoms with Crippen LogP contribution in [0.5, 0.6) is 11.6 Å². The maximum Gasteiger partial charge on any atom is 0.222 e. The molecule has 0 radical (unpaired) electrons. The Morgan fingerprint density at radius 1 is 1.18 bits per heavy atom. The van der Waals surface area contributed by atoms with Gasteiger partial charge in [-0.15, -0.1) is 0 Å². The van der Waals surface area contributed by atoms with Crippen molar-refractivity contribution >= 4 is 0 Å². The fourth-order valence-corrected chi connectivity index (χ4v) is 1.61. The van der Waals surface area contributed by atoms with E-state index < -0.39 is 0 Å². The lowest BCUT2D eigenvalue weighted by atomic mass is 10.2. The molecule has 2 N–H and O–H groups in total. The SMILES string of the molecule is Cc1ccccc1Oc1ncc(CN)cc1C. The molecule has 1 aromatic heterocycles. The fourth-order valence-electron chi connectivity index (χ4n) is 1.61. The zero-order chi connectivity index (χ0) is 12.3. The Morgan fingerprint density at radius 2 is 1.94 bits per heavy atom. The molecule has 3 nitrogen and oxygen atoms in total. The molecule has 0 aliphatic rings. The quantitative estimate of drug-likeness (QED) is 0.878. The first-order chi connectivity index (χ1) is 8.20. The van der Waals surface area contributed by atoms with Crippen LogP contribution in [0.3, 0.4) is 0 Å². The van der Waals surface area contributed by atoms with Gasteiger partial charge in [-0.25, -0.2) is 4.98 Å². The van der Waals surface area contributed by atoms with Crippen molar-refractivity contribution in [2.24, 2.45) is 5.73 Å². The summed E-state index contributed by atoms with van der Waals surface area (Å²) in [5, 5.41) is 0. The van der Waals surface area contributed by atoms with Crippen LogP contribution in [0, 0.1) is 13.8 Å². The minimum absolute atomic E-state index is 0.498. The molecule has 0 aliphatic heterocycles. The van der Waals surface area contributed by atoms with E-state index in [1.807, 2.05) is 44.2 Å². The van der Waals surface area contributed by atoms with Gasteiger partial charge in [-0.3, -0.25) is 0 Å². The Bertz CT molecular complexity index is 523. The number of aromatic nitrogens is 1. The van der Waals surface area contributed by atoms with Crippen molar-refractivity contribution in [3.63, 3.8) is 0 Å². The molecule has 2 rings (SSSR count). The monoisotopic (exact) mass is 228 g/mol. The summed E-state index contributed by atoms with van der Waals surface area (Å²) in [4.78, 5) is 4.28. The highest BCUT2D eigenvalue weighted by molar-refractivity contribution is 5.37. The van der Waals surface area contributed by atoms with Crippen molar-refractivity contribution in [3.8, 4) is 11.6 Å². The average Bonchev–Trinajstić information content (AvgIpc) is 2.34. The Hall–Kier alpha value is -1.87. The number of ether oxygens (including phenoxy) is 1. The van der Waals surface area contributed by atoms with Gasteiger partial charge in [-0.2, -0.15) is 0 Å². The summed E-state index contributed by atoms with van der Waals surface area (Å²) < 4.78 is 5.79. The second-order valence-electron chi connectivity index (χ2n) is 4.04. The molecule has 17 heavy (non-hydrogen) atoms. The van der Waals surface area contributed by atoms with Crippen molar-refractivity contribution in [1.82, 2.24) is 4.98 Å². The minimum Gasteiger partial charge on any atom is -0.438 e. The van der Waals surface area contributed by atoms with Crippen LogP contribution in [0.2, 0.25) is 0 Å². The van der Waals surface area contributed by atoms with Gasteiger partial charge in [0.1, 0.15) is 5.75 Å². The summed E-state index contributed by atoms with van der Waals surface area (Å²) in [6.45, 7) is 4.48. The largest absolute Gasteiger partial charge is 0.438 e. The lowest BCUT2D eigenvalue weighted by Crippen LogP contribution is -1.99. The van der Waals surface area contributed by atoms with E-state index in [0.29, 0.717) is 12.4 Å². The summed E-state index contributed by atoms with van der Waals surface area (Å²) in [5.74, 6) is 1.47. The Balaban J connectivity index is 2.28. The van der Waals surface area contributed by atoms with Gasteiger partial charge in [0.2, 0.25) is 5.88 Å². The van der Waals surface area contributed by atoms with E-state index in [9.17, 15) is 0 Å². The van der Waals surface area contributed by atoms with E-state index in [1.165, 1.54) is 0 Å². The van der Waals surface area contributed by atoms with Gasteiger partial charge in [0.15, 0.2) is 0 Å². The number of rotatable bonds is 3. The molecular formula is C14H16N2O. The lowest BCUT2D eigenvalue weighted by molar-refractivity contribution is 0.455. The topological polar surface area (TPSA) is 48.1 Å². The number of hydrogen-bond acceptors (Lipinski definition) is 3. The molecule has 0 spiro atoms. The molecule has 0 unspecified atom stereocenters. The van der Waals surface area contributed by atoms with Crippen molar-refractivity contribution in [2.75, 3.05) is 0 Å². The third-order valence-corrected chi connectivity index (χ3v) is 2.62. The smallest absolute Gasteiger partial charge is 0.222 e.